The van der Waals surface area contributed by atoms with E-state index in [2.05, 4.69) is 10.3 Å². The Kier molecular flexibility index (Phi) is 4.93. The predicted octanol–water partition coefficient (Wildman–Crippen LogP) is 2.32. The second-order valence-corrected chi connectivity index (χ2v) is 5.98. The Morgan fingerprint density at radius 3 is 2.67 bits per heavy atom. The average Bonchev–Trinajstić information content (AvgIpc) is 2.64. The number of amides is 1. The lowest BCUT2D eigenvalue weighted by Crippen LogP contribution is -2.34. The SMILES string of the molecule is C[C@@H](NC(=O)Cn1cnc2ccc([N+](=O)[O-])cc2c1=O)c1ccc(F)cc1. The van der Waals surface area contributed by atoms with Gasteiger partial charge in [-0.15, -0.1) is 0 Å². The van der Waals surface area contributed by atoms with Crippen LogP contribution in [0.15, 0.2) is 53.6 Å². The first kappa shape index (κ1) is 18.2. The van der Waals surface area contributed by atoms with Crippen molar-refractivity contribution in [3.8, 4) is 0 Å². The maximum atomic E-state index is 13.0. The van der Waals surface area contributed by atoms with Gasteiger partial charge in [0, 0.05) is 12.1 Å². The topological polar surface area (TPSA) is 107 Å². The first-order valence-electron chi connectivity index (χ1n) is 8.03. The fraction of sp³-hybridized carbons (Fsp3) is 0.167. The summed E-state index contributed by atoms with van der Waals surface area (Å²) in [5, 5.41) is 13.7. The lowest BCUT2D eigenvalue weighted by molar-refractivity contribution is -0.384. The van der Waals surface area contributed by atoms with Crippen LogP contribution in [0.25, 0.3) is 10.9 Å². The minimum Gasteiger partial charge on any atom is -0.348 e. The van der Waals surface area contributed by atoms with Gasteiger partial charge in [-0.1, -0.05) is 12.1 Å². The van der Waals surface area contributed by atoms with Crippen molar-refractivity contribution < 1.29 is 14.1 Å². The maximum Gasteiger partial charge on any atom is 0.270 e. The molecule has 0 aliphatic rings. The van der Waals surface area contributed by atoms with Crippen molar-refractivity contribution in [1.29, 1.82) is 0 Å². The fourth-order valence-corrected chi connectivity index (χ4v) is 2.65. The number of non-ortho nitro benzene ring substituents is 1. The molecule has 3 rings (SSSR count). The number of halogens is 1. The third-order valence-electron chi connectivity index (χ3n) is 4.08. The molecule has 0 spiro atoms. The number of nitrogens with zero attached hydrogens (tertiary/aromatic N) is 3. The first-order chi connectivity index (χ1) is 12.8. The summed E-state index contributed by atoms with van der Waals surface area (Å²) in [6.07, 6.45) is 1.22. The number of carbonyl (C=O) groups is 1. The molecule has 2 aromatic carbocycles. The van der Waals surface area contributed by atoms with Gasteiger partial charge in [0.2, 0.25) is 5.91 Å². The van der Waals surface area contributed by atoms with E-state index in [0.717, 1.165) is 10.6 Å². The van der Waals surface area contributed by atoms with Gasteiger partial charge in [0.15, 0.2) is 0 Å². The lowest BCUT2D eigenvalue weighted by atomic mass is 10.1. The molecule has 1 heterocycles. The van der Waals surface area contributed by atoms with Crippen LogP contribution in [0.5, 0.6) is 0 Å². The van der Waals surface area contributed by atoms with Crippen LogP contribution in [0.3, 0.4) is 0 Å². The summed E-state index contributed by atoms with van der Waals surface area (Å²) in [7, 11) is 0. The Labute approximate surface area is 152 Å². The highest BCUT2D eigenvalue weighted by Crippen LogP contribution is 2.16. The van der Waals surface area contributed by atoms with Crippen molar-refractivity contribution in [2.24, 2.45) is 0 Å². The van der Waals surface area contributed by atoms with Crippen LogP contribution in [0.2, 0.25) is 0 Å². The average molecular weight is 370 g/mol. The second-order valence-electron chi connectivity index (χ2n) is 5.98. The van der Waals surface area contributed by atoms with Gasteiger partial charge in [-0.25, -0.2) is 9.37 Å². The molecule has 0 aliphatic carbocycles. The third-order valence-corrected chi connectivity index (χ3v) is 4.08. The largest absolute Gasteiger partial charge is 0.348 e. The molecule has 0 bridgehead atoms. The van der Waals surface area contributed by atoms with Crippen LogP contribution in [0, 0.1) is 15.9 Å². The third kappa shape index (κ3) is 3.97. The van der Waals surface area contributed by atoms with Gasteiger partial charge in [0.05, 0.1) is 28.2 Å². The van der Waals surface area contributed by atoms with E-state index in [9.17, 15) is 24.1 Å². The summed E-state index contributed by atoms with van der Waals surface area (Å²) >= 11 is 0. The highest BCUT2D eigenvalue weighted by Gasteiger charge is 2.14. The molecule has 0 aliphatic heterocycles. The number of fused-ring (bicyclic) bond motifs is 1. The Bertz CT molecular complexity index is 1080. The number of carbonyl (C=O) groups excluding carboxylic acids is 1. The summed E-state index contributed by atoms with van der Waals surface area (Å²) in [6.45, 7) is 1.44. The highest BCUT2D eigenvalue weighted by molar-refractivity contribution is 5.81. The number of nitrogens with one attached hydrogen (secondary N) is 1. The van der Waals surface area contributed by atoms with E-state index in [4.69, 9.17) is 0 Å². The molecule has 0 unspecified atom stereocenters. The number of hydrogen-bond acceptors (Lipinski definition) is 5. The predicted molar refractivity (Wildman–Crippen MR) is 95.6 cm³/mol. The molecule has 1 atom stereocenters. The zero-order chi connectivity index (χ0) is 19.6. The van der Waals surface area contributed by atoms with E-state index in [1.807, 2.05) is 0 Å². The summed E-state index contributed by atoms with van der Waals surface area (Å²) in [4.78, 5) is 39.1. The van der Waals surface area contributed by atoms with Gasteiger partial charge in [-0.2, -0.15) is 0 Å². The van der Waals surface area contributed by atoms with E-state index >= 15 is 0 Å². The van der Waals surface area contributed by atoms with E-state index in [1.54, 1.807) is 19.1 Å². The highest BCUT2D eigenvalue weighted by atomic mass is 19.1. The number of hydrogen-bond donors (Lipinski definition) is 1. The molecule has 0 saturated heterocycles. The van der Waals surface area contributed by atoms with Gasteiger partial charge < -0.3 is 5.32 Å². The molecule has 8 nitrogen and oxygen atoms in total. The number of benzene rings is 2. The molecule has 27 heavy (non-hydrogen) atoms. The molecule has 1 aromatic heterocycles. The van der Waals surface area contributed by atoms with E-state index in [0.29, 0.717) is 11.1 Å². The molecule has 1 amide bonds. The quantitative estimate of drug-likeness (QED) is 0.548. The van der Waals surface area contributed by atoms with Gasteiger partial charge in [0.25, 0.3) is 11.2 Å². The molecule has 0 saturated carbocycles. The molecule has 3 aromatic rings. The lowest BCUT2D eigenvalue weighted by Gasteiger charge is -2.15. The van der Waals surface area contributed by atoms with Crippen molar-refractivity contribution in [1.82, 2.24) is 14.9 Å². The molecule has 138 valence electrons. The van der Waals surface area contributed by atoms with Gasteiger partial charge in [0.1, 0.15) is 12.4 Å². The molecule has 1 N–H and O–H groups in total. The Morgan fingerprint density at radius 1 is 1.30 bits per heavy atom. The standard InChI is InChI=1S/C18H15FN4O4/c1-11(12-2-4-13(19)5-3-12)21-17(24)9-22-10-20-16-7-6-14(23(26)27)8-15(16)18(22)25/h2-8,10-11H,9H2,1H3,(H,21,24)/t11-/m1/s1. The fourth-order valence-electron chi connectivity index (χ4n) is 2.65. The summed E-state index contributed by atoms with van der Waals surface area (Å²) in [6, 6.07) is 9.10. The molecular formula is C18H15FN4O4. The van der Waals surface area contributed by atoms with E-state index in [1.165, 1.54) is 30.6 Å². The van der Waals surface area contributed by atoms with E-state index in [-0.39, 0.29) is 29.5 Å². The van der Waals surface area contributed by atoms with Crippen molar-refractivity contribution in [3.63, 3.8) is 0 Å². The van der Waals surface area contributed by atoms with Gasteiger partial charge in [-0.05, 0) is 30.7 Å². The first-order valence-corrected chi connectivity index (χ1v) is 8.03. The van der Waals surface area contributed by atoms with Crippen LogP contribution < -0.4 is 10.9 Å². The number of rotatable bonds is 5. The zero-order valence-electron chi connectivity index (χ0n) is 14.3. The van der Waals surface area contributed by atoms with Crippen molar-refractivity contribution in [3.05, 3.63) is 80.6 Å². The summed E-state index contributed by atoms with van der Waals surface area (Å²) in [5.41, 5.74) is 0.244. The number of nitro groups is 1. The van der Waals surface area contributed by atoms with Crippen molar-refractivity contribution >= 4 is 22.5 Å². The summed E-state index contributed by atoms with van der Waals surface area (Å²) < 4.78 is 14.1. The Balaban J connectivity index is 1.80. The molecular weight excluding hydrogens is 355 g/mol. The minimum atomic E-state index is -0.604. The smallest absolute Gasteiger partial charge is 0.270 e. The van der Waals surface area contributed by atoms with Gasteiger partial charge in [-0.3, -0.25) is 24.3 Å². The number of aromatic nitrogens is 2. The van der Waals surface area contributed by atoms with Crippen molar-refractivity contribution in [2.45, 2.75) is 19.5 Å². The number of nitro benzene ring substituents is 1. The van der Waals surface area contributed by atoms with Crippen LogP contribution in [0.1, 0.15) is 18.5 Å². The van der Waals surface area contributed by atoms with Crippen LogP contribution in [0.4, 0.5) is 10.1 Å². The second kappa shape index (κ2) is 7.32. The molecule has 9 heteroatoms. The Hall–Kier alpha value is -3.62. The summed E-state index contributed by atoms with van der Waals surface area (Å²) in [5.74, 6) is -0.819. The van der Waals surface area contributed by atoms with E-state index < -0.39 is 16.4 Å². The molecule has 0 fully saturated rings. The van der Waals surface area contributed by atoms with Crippen LogP contribution in [-0.4, -0.2) is 20.4 Å². The minimum absolute atomic E-state index is 0.0612. The van der Waals surface area contributed by atoms with Gasteiger partial charge >= 0.3 is 0 Å². The monoisotopic (exact) mass is 370 g/mol. The maximum absolute atomic E-state index is 13.0. The zero-order valence-corrected chi connectivity index (χ0v) is 14.3. The normalized spacial score (nSPS) is 11.9. The molecule has 0 radical (unpaired) electrons. The Morgan fingerprint density at radius 2 is 2.00 bits per heavy atom. The van der Waals surface area contributed by atoms with Crippen molar-refractivity contribution in [2.75, 3.05) is 0 Å². The van der Waals surface area contributed by atoms with Crippen LogP contribution >= 0.6 is 0 Å². The van der Waals surface area contributed by atoms with Crippen LogP contribution in [-0.2, 0) is 11.3 Å².